The molecule has 2 rings (SSSR count). The molecule has 6 nitrogen and oxygen atoms in total. The van der Waals surface area contributed by atoms with E-state index < -0.39 is 11.9 Å². The summed E-state index contributed by atoms with van der Waals surface area (Å²) in [6, 6.07) is 0. The molecule has 0 aliphatic heterocycles. The Morgan fingerprint density at radius 3 is 2.56 bits per heavy atom. The van der Waals surface area contributed by atoms with Crippen molar-refractivity contribution in [1.82, 2.24) is 0 Å². The summed E-state index contributed by atoms with van der Waals surface area (Å²) >= 11 is 1.44. The molecule has 2 unspecified atom stereocenters. The van der Waals surface area contributed by atoms with Gasteiger partial charge in [0.25, 0.3) is 5.91 Å². The number of fused-ring (bicyclic) bond motifs is 1. The summed E-state index contributed by atoms with van der Waals surface area (Å²) in [6.07, 6.45) is 3.82. The Kier molecular flexibility index (Phi) is 6.68. The van der Waals surface area contributed by atoms with Gasteiger partial charge in [-0.3, -0.25) is 14.4 Å². The summed E-state index contributed by atoms with van der Waals surface area (Å²) in [5.41, 5.74) is 7.25. The number of aliphatic carboxylic acids is 1. The first-order valence-electron chi connectivity index (χ1n) is 9.51. The Hall–Kier alpha value is -1.89. The lowest BCUT2D eigenvalue weighted by molar-refractivity contribution is -0.138. The number of primary amides is 1. The first-order valence-corrected chi connectivity index (χ1v) is 10.3. The highest BCUT2D eigenvalue weighted by molar-refractivity contribution is 7.17. The van der Waals surface area contributed by atoms with Crippen LogP contribution < -0.4 is 11.1 Å². The number of carbonyl (C=O) groups is 3. The molecule has 0 saturated carbocycles. The zero-order chi connectivity index (χ0) is 20.4. The third-order valence-corrected chi connectivity index (χ3v) is 7.01. The zero-order valence-corrected chi connectivity index (χ0v) is 17.4. The maximum Gasteiger partial charge on any atom is 0.303 e. The minimum atomic E-state index is -0.927. The van der Waals surface area contributed by atoms with Crippen LogP contribution in [0.3, 0.4) is 0 Å². The van der Waals surface area contributed by atoms with Crippen molar-refractivity contribution in [1.29, 1.82) is 0 Å². The minimum absolute atomic E-state index is 0.0647. The van der Waals surface area contributed by atoms with Crippen LogP contribution in [0, 0.1) is 17.3 Å². The number of amides is 2. The molecule has 0 bridgehead atoms. The van der Waals surface area contributed by atoms with Crippen LogP contribution in [0.5, 0.6) is 0 Å². The monoisotopic (exact) mass is 394 g/mol. The molecule has 27 heavy (non-hydrogen) atoms. The Morgan fingerprint density at radius 2 is 2.00 bits per heavy atom. The van der Waals surface area contributed by atoms with E-state index in [0.29, 0.717) is 16.5 Å². The second kappa shape index (κ2) is 8.42. The van der Waals surface area contributed by atoms with Gasteiger partial charge >= 0.3 is 5.97 Å². The highest BCUT2D eigenvalue weighted by Crippen LogP contribution is 2.45. The van der Waals surface area contributed by atoms with E-state index in [2.05, 4.69) is 26.1 Å². The van der Waals surface area contributed by atoms with E-state index >= 15 is 0 Å². The molecule has 150 valence electrons. The number of nitrogens with one attached hydrogen (secondary N) is 1. The van der Waals surface area contributed by atoms with Gasteiger partial charge in [0.15, 0.2) is 0 Å². The standard InChI is InChI=1S/C20H30N2O4S/c1-5-20(3,4)12-6-7-13-14(10-12)27-19(17(13)18(21)26)22-15(23)8-11(2)9-16(24)25/h11-12H,5-10H2,1-4H3,(H2,21,26)(H,22,23)(H,24,25). The number of rotatable bonds is 8. The molecular weight excluding hydrogens is 364 g/mol. The van der Waals surface area contributed by atoms with Crippen molar-refractivity contribution in [2.24, 2.45) is 23.0 Å². The topological polar surface area (TPSA) is 109 Å². The lowest BCUT2D eigenvalue weighted by Crippen LogP contribution is -2.29. The van der Waals surface area contributed by atoms with Crippen LogP contribution in [0.25, 0.3) is 0 Å². The van der Waals surface area contributed by atoms with E-state index in [4.69, 9.17) is 10.8 Å². The van der Waals surface area contributed by atoms with Gasteiger partial charge in [-0.25, -0.2) is 0 Å². The number of carboxylic acid groups (broad SMARTS) is 1. The van der Waals surface area contributed by atoms with Gasteiger partial charge in [-0.2, -0.15) is 0 Å². The molecule has 0 saturated heterocycles. The van der Waals surface area contributed by atoms with Crippen molar-refractivity contribution in [3.05, 3.63) is 16.0 Å². The summed E-state index contributed by atoms with van der Waals surface area (Å²) < 4.78 is 0. The van der Waals surface area contributed by atoms with Gasteiger partial charge in [-0.15, -0.1) is 11.3 Å². The van der Waals surface area contributed by atoms with E-state index in [1.807, 2.05) is 0 Å². The molecule has 4 N–H and O–H groups in total. The highest BCUT2D eigenvalue weighted by atomic mass is 32.1. The van der Waals surface area contributed by atoms with Gasteiger partial charge in [0.05, 0.1) is 5.56 Å². The van der Waals surface area contributed by atoms with Crippen LogP contribution in [-0.4, -0.2) is 22.9 Å². The van der Waals surface area contributed by atoms with E-state index in [9.17, 15) is 14.4 Å². The number of hydrogen-bond donors (Lipinski definition) is 3. The lowest BCUT2D eigenvalue weighted by Gasteiger charge is -2.36. The Bertz CT molecular complexity index is 739. The second-order valence-electron chi connectivity index (χ2n) is 8.31. The van der Waals surface area contributed by atoms with Crippen molar-refractivity contribution in [2.45, 2.75) is 66.2 Å². The smallest absolute Gasteiger partial charge is 0.303 e. The predicted molar refractivity (Wildman–Crippen MR) is 107 cm³/mol. The predicted octanol–water partition coefficient (Wildman–Crippen LogP) is 3.83. The van der Waals surface area contributed by atoms with Crippen LogP contribution in [0.1, 0.15) is 74.2 Å². The minimum Gasteiger partial charge on any atom is -0.481 e. The SMILES string of the molecule is CCC(C)(C)C1CCc2c(sc(NC(=O)CC(C)CC(=O)O)c2C(N)=O)C1. The third kappa shape index (κ3) is 5.09. The molecule has 1 aliphatic carbocycles. The van der Waals surface area contributed by atoms with Crippen LogP contribution in [-0.2, 0) is 22.4 Å². The van der Waals surface area contributed by atoms with Crippen LogP contribution in [0.15, 0.2) is 0 Å². The van der Waals surface area contributed by atoms with Crippen molar-refractivity contribution in [3.63, 3.8) is 0 Å². The lowest BCUT2D eigenvalue weighted by atomic mass is 9.69. The number of carbonyl (C=O) groups excluding carboxylic acids is 2. The van der Waals surface area contributed by atoms with Crippen molar-refractivity contribution in [3.8, 4) is 0 Å². The molecule has 0 spiro atoms. The van der Waals surface area contributed by atoms with Gasteiger partial charge in [0, 0.05) is 17.7 Å². The fraction of sp³-hybridized carbons (Fsp3) is 0.650. The summed E-state index contributed by atoms with van der Waals surface area (Å²) in [7, 11) is 0. The average Bonchev–Trinajstić information content (AvgIpc) is 2.90. The van der Waals surface area contributed by atoms with E-state index in [1.165, 1.54) is 11.3 Å². The molecule has 1 aromatic rings. The number of hydrogen-bond acceptors (Lipinski definition) is 4. The first kappa shape index (κ1) is 21.4. The molecule has 1 aliphatic rings. The molecular formula is C20H30N2O4S. The number of nitrogens with two attached hydrogens (primary N) is 1. The Balaban J connectivity index is 2.20. The number of thiophene rings is 1. The van der Waals surface area contributed by atoms with Crippen molar-refractivity contribution >= 4 is 34.1 Å². The molecule has 2 atom stereocenters. The van der Waals surface area contributed by atoms with Gasteiger partial charge < -0.3 is 16.2 Å². The summed E-state index contributed by atoms with van der Waals surface area (Å²) in [6.45, 7) is 8.47. The van der Waals surface area contributed by atoms with Gasteiger partial charge in [0.1, 0.15) is 5.00 Å². The maximum absolute atomic E-state index is 12.3. The number of anilines is 1. The van der Waals surface area contributed by atoms with Crippen LogP contribution in [0.2, 0.25) is 0 Å². The van der Waals surface area contributed by atoms with E-state index in [-0.39, 0.29) is 30.1 Å². The average molecular weight is 395 g/mol. The van der Waals surface area contributed by atoms with Gasteiger partial charge in [-0.05, 0) is 42.1 Å². The molecule has 0 radical (unpaired) electrons. The molecule has 1 aromatic heterocycles. The van der Waals surface area contributed by atoms with Gasteiger partial charge in [0.2, 0.25) is 5.91 Å². The van der Waals surface area contributed by atoms with Crippen LogP contribution >= 0.6 is 11.3 Å². The Morgan fingerprint density at radius 1 is 1.33 bits per heavy atom. The first-order chi connectivity index (χ1) is 12.5. The quantitative estimate of drug-likeness (QED) is 0.622. The van der Waals surface area contributed by atoms with E-state index in [1.54, 1.807) is 6.92 Å². The molecule has 0 fully saturated rings. The van der Waals surface area contributed by atoms with Crippen molar-refractivity contribution < 1.29 is 19.5 Å². The van der Waals surface area contributed by atoms with Crippen molar-refractivity contribution in [2.75, 3.05) is 5.32 Å². The van der Waals surface area contributed by atoms with E-state index in [0.717, 1.165) is 36.1 Å². The second-order valence-corrected chi connectivity index (χ2v) is 9.41. The van der Waals surface area contributed by atoms with Gasteiger partial charge in [-0.1, -0.05) is 34.1 Å². The van der Waals surface area contributed by atoms with Crippen LogP contribution in [0.4, 0.5) is 5.00 Å². The molecule has 7 heteroatoms. The normalized spacial score (nSPS) is 17.9. The maximum atomic E-state index is 12.3. The third-order valence-electron chi connectivity index (χ3n) is 5.84. The molecule has 1 heterocycles. The zero-order valence-electron chi connectivity index (χ0n) is 16.6. The fourth-order valence-corrected chi connectivity index (χ4v) is 5.10. The largest absolute Gasteiger partial charge is 0.481 e. The fourth-order valence-electron chi connectivity index (χ4n) is 3.75. The summed E-state index contributed by atoms with van der Waals surface area (Å²) in [5.74, 6) is -1.47. The molecule has 0 aromatic carbocycles. The Labute approximate surface area is 164 Å². The molecule has 2 amide bonds. The summed E-state index contributed by atoms with van der Waals surface area (Å²) in [5, 5.41) is 12.1. The number of carboxylic acids is 1. The summed E-state index contributed by atoms with van der Waals surface area (Å²) in [4.78, 5) is 36.3. The highest BCUT2D eigenvalue weighted by Gasteiger charge is 2.35.